The zero-order valence-corrected chi connectivity index (χ0v) is 21.7. The van der Waals surface area contributed by atoms with Crippen LogP contribution >= 0.6 is 0 Å². The Morgan fingerprint density at radius 3 is 2.84 bits per heavy atom. The zero-order valence-electron chi connectivity index (χ0n) is 21.7. The van der Waals surface area contributed by atoms with Gasteiger partial charge in [-0.2, -0.15) is 0 Å². The van der Waals surface area contributed by atoms with Crippen molar-refractivity contribution in [2.75, 3.05) is 0 Å². The third-order valence-corrected chi connectivity index (χ3v) is 8.97. The average Bonchev–Trinajstić information content (AvgIpc) is 3.69. The summed E-state index contributed by atoms with van der Waals surface area (Å²) in [6, 6.07) is 11.1. The smallest absolute Gasteiger partial charge is 0.160 e. The number of rotatable bonds is 6. The van der Waals surface area contributed by atoms with E-state index in [4.69, 9.17) is 14.5 Å². The summed E-state index contributed by atoms with van der Waals surface area (Å²) in [5, 5.41) is 4.19. The average molecular weight is 507 g/mol. The minimum atomic E-state index is -0.256. The van der Waals surface area contributed by atoms with Gasteiger partial charge in [-0.1, -0.05) is 30.3 Å². The molecule has 6 heteroatoms. The lowest BCUT2D eigenvalue weighted by Crippen LogP contribution is -2.46. The van der Waals surface area contributed by atoms with E-state index in [9.17, 15) is 0 Å². The van der Waals surface area contributed by atoms with Crippen LogP contribution in [0.1, 0.15) is 79.1 Å². The molecule has 0 N–H and O–H groups in total. The van der Waals surface area contributed by atoms with Gasteiger partial charge in [-0.05, 0) is 75.1 Å². The highest BCUT2D eigenvalue weighted by molar-refractivity contribution is 5.70. The summed E-state index contributed by atoms with van der Waals surface area (Å²) < 4.78 is 21.1. The van der Waals surface area contributed by atoms with E-state index < -0.39 is 0 Å². The Hall–Kier alpha value is -3.67. The van der Waals surface area contributed by atoms with Crippen molar-refractivity contribution in [1.82, 2.24) is 20.1 Å². The highest BCUT2D eigenvalue weighted by Gasteiger charge is 2.51. The number of allylic oxidation sites excluding steroid dienone is 1. The Morgan fingerprint density at radius 1 is 1.16 bits per heavy atom. The number of halogens is 1. The molecular weight excluding hydrogens is 475 g/mol. The van der Waals surface area contributed by atoms with Gasteiger partial charge in [0, 0.05) is 51.4 Å². The standard InChI is InChI=1S/C32H31FN4O/c1-3-4-7-22-25-13-12-24-28(23-8-5-6-9-26(23)33)36-31(20-14-15-34-27(16-20)19-10-11-19)37-30(24)32(25,2)17-21-18-35-38-29(21)22/h3,5-6,8-9,14-16,18-19,22,25H,1,4,7,10-13,17H2,2H3/t22-,25-,32-/m1/s1. The van der Waals surface area contributed by atoms with Crippen LogP contribution < -0.4 is 0 Å². The molecular formula is C32H31FN4O. The molecule has 0 radical (unpaired) electrons. The largest absolute Gasteiger partial charge is 0.361 e. The normalized spacial score (nSPS) is 23.8. The summed E-state index contributed by atoms with van der Waals surface area (Å²) in [5.41, 5.74) is 6.30. The van der Waals surface area contributed by atoms with Crippen LogP contribution in [0.3, 0.4) is 0 Å². The summed E-state index contributed by atoms with van der Waals surface area (Å²) in [4.78, 5) is 15.0. The molecule has 4 aromatic rings. The Balaban J connectivity index is 1.44. The SMILES string of the molecule is C=CCC[C@H]1c2oncc2C[C@@]2(C)c3nc(-c4ccnc(C5CC5)c4)nc(-c4ccccc4F)c3CC[C@H]12. The van der Waals surface area contributed by atoms with E-state index in [0.717, 1.165) is 65.9 Å². The lowest BCUT2D eigenvalue weighted by molar-refractivity contribution is 0.157. The van der Waals surface area contributed by atoms with Gasteiger partial charge in [-0.25, -0.2) is 14.4 Å². The van der Waals surface area contributed by atoms with Gasteiger partial charge in [0.2, 0.25) is 0 Å². The summed E-state index contributed by atoms with van der Waals surface area (Å²) in [6.07, 6.45) is 12.5. The van der Waals surface area contributed by atoms with Gasteiger partial charge in [-0.3, -0.25) is 4.98 Å². The van der Waals surface area contributed by atoms with Crippen LogP contribution in [0.25, 0.3) is 22.6 Å². The minimum absolute atomic E-state index is 0.245. The molecule has 7 rings (SSSR count). The van der Waals surface area contributed by atoms with E-state index in [1.807, 2.05) is 36.7 Å². The number of pyridine rings is 1. The molecule has 1 aromatic carbocycles. The van der Waals surface area contributed by atoms with Crippen molar-refractivity contribution in [3.05, 3.63) is 95.5 Å². The Labute approximate surface area is 222 Å². The molecule has 38 heavy (non-hydrogen) atoms. The predicted molar refractivity (Wildman–Crippen MR) is 144 cm³/mol. The molecule has 5 nitrogen and oxygen atoms in total. The lowest BCUT2D eigenvalue weighted by atomic mass is 9.55. The first kappa shape index (κ1) is 23.4. The molecule has 0 unspecified atom stereocenters. The van der Waals surface area contributed by atoms with Crippen molar-refractivity contribution in [3.63, 3.8) is 0 Å². The van der Waals surface area contributed by atoms with Gasteiger partial charge in [0.05, 0.1) is 17.6 Å². The Kier molecular flexibility index (Phi) is 5.53. The number of benzene rings is 1. The molecule has 0 aliphatic heterocycles. The maximum absolute atomic E-state index is 15.2. The van der Waals surface area contributed by atoms with Crippen LogP contribution in [-0.2, 0) is 18.3 Å². The zero-order chi connectivity index (χ0) is 25.9. The molecule has 0 saturated heterocycles. The molecule has 3 aromatic heterocycles. The molecule has 3 aliphatic carbocycles. The molecule has 3 atom stereocenters. The van der Waals surface area contributed by atoms with E-state index in [1.165, 1.54) is 18.9 Å². The fourth-order valence-electron chi connectivity index (χ4n) is 6.96. The topological polar surface area (TPSA) is 64.7 Å². The number of fused-ring (bicyclic) bond motifs is 4. The van der Waals surface area contributed by atoms with E-state index in [1.54, 1.807) is 6.07 Å². The minimum Gasteiger partial charge on any atom is -0.361 e. The third kappa shape index (κ3) is 3.72. The number of hydrogen-bond acceptors (Lipinski definition) is 5. The number of nitrogens with zero attached hydrogens (tertiary/aromatic N) is 4. The number of aromatic nitrogens is 4. The highest BCUT2D eigenvalue weighted by Crippen LogP contribution is 2.55. The van der Waals surface area contributed by atoms with Crippen molar-refractivity contribution >= 4 is 0 Å². The second-order valence-corrected chi connectivity index (χ2v) is 11.4. The van der Waals surface area contributed by atoms with Gasteiger partial charge in [0.1, 0.15) is 11.6 Å². The van der Waals surface area contributed by atoms with Crippen molar-refractivity contribution in [1.29, 1.82) is 0 Å². The van der Waals surface area contributed by atoms with E-state index >= 15 is 4.39 Å². The maximum atomic E-state index is 15.2. The number of hydrogen-bond donors (Lipinski definition) is 0. The monoisotopic (exact) mass is 506 g/mol. The van der Waals surface area contributed by atoms with Crippen LogP contribution in [0.15, 0.2) is 66.0 Å². The Bertz CT molecular complexity index is 1540. The molecule has 3 heterocycles. The maximum Gasteiger partial charge on any atom is 0.160 e. The van der Waals surface area contributed by atoms with E-state index in [2.05, 4.69) is 29.7 Å². The van der Waals surface area contributed by atoms with E-state index in [-0.39, 0.29) is 17.2 Å². The molecule has 192 valence electrons. The van der Waals surface area contributed by atoms with Crippen molar-refractivity contribution in [2.24, 2.45) is 5.92 Å². The molecule has 0 bridgehead atoms. The van der Waals surface area contributed by atoms with E-state index in [0.29, 0.717) is 28.9 Å². The quantitative estimate of drug-likeness (QED) is 0.256. The lowest BCUT2D eigenvalue weighted by Gasteiger charge is -2.48. The Morgan fingerprint density at radius 2 is 2.03 bits per heavy atom. The van der Waals surface area contributed by atoms with Crippen molar-refractivity contribution in [2.45, 2.75) is 69.1 Å². The molecule has 1 saturated carbocycles. The molecule has 0 spiro atoms. The fourth-order valence-corrected chi connectivity index (χ4v) is 6.96. The highest BCUT2D eigenvalue weighted by atomic mass is 19.1. The van der Waals surface area contributed by atoms with Crippen molar-refractivity contribution < 1.29 is 8.91 Å². The fraction of sp³-hybridized carbons (Fsp3) is 0.375. The van der Waals surface area contributed by atoms with Gasteiger partial charge >= 0.3 is 0 Å². The molecule has 3 aliphatic rings. The van der Waals surface area contributed by atoms with Gasteiger partial charge in [0.15, 0.2) is 5.82 Å². The van der Waals surface area contributed by atoms with Gasteiger partial charge in [-0.15, -0.1) is 6.58 Å². The third-order valence-electron chi connectivity index (χ3n) is 8.97. The van der Waals surface area contributed by atoms with Gasteiger partial charge in [0.25, 0.3) is 0 Å². The first-order valence-electron chi connectivity index (χ1n) is 13.7. The van der Waals surface area contributed by atoms with Crippen LogP contribution in [0.5, 0.6) is 0 Å². The van der Waals surface area contributed by atoms with Crippen LogP contribution in [-0.4, -0.2) is 20.1 Å². The van der Waals surface area contributed by atoms with Crippen LogP contribution in [0, 0.1) is 11.7 Å². The molecule has 0 amide bonds. The van der Waals surface area contributed by atoms with Crippen molar-refractivity contribution in [3.8, 4) is 22.6 Å². The van der Waals surface area contributed by atoms with Crippen LogP contribution in [0.4, 0.5) is 4.39 Å². The molecule has 1 fully saturated rings. The van der Waals surface area contributed by atoms with Gasteiger partial charge < -0.3 is 4.52 Å². The predicted octanol–water partition coefficient (Wildman–Crippen LogP) is 7.34. The summed E-state index contributed by atoms with van der Waals surface area (Å²) >= 11 is 0. The first-order chi connectivity index (χ1) is 18.6. The van der Waals surface area contributed by atoms with Crippen LogP contribution in [0.2, 0.25) is 0 Å². The summed E-state index contributed by atoms with van der Waals surface area (Å²) in [7, 11) is 0. The first-order valence-corrected chi connectivity index (χ1v) is 13.7. The summed E-state index contributed by atoms with van der Waals surface area (Å²) in [6.45, 7) is 6.29. The second kappa shape index (κ2) is 8.97. The summed E-state index contributed by atoms with van der Waals surface area (Å²) in [5.74, 6) is 2.52. The second-order valence-electron chi connectivity index (χ2n) is 11.4.